The van der Waals surface area contributed by atoms with Gasteiger partial charge in [-0.3, -0.25) is 0 Å². The molecule has 4 atom stereocenters. The van der Waals surface area contributed by atoms with Crippen LogP contribution in [0.4, 0.5) is 4.79 Å². The Morgan fingerprint density at radius 1 is 1.32 bits per heavy atom. The van der Waals surface area contributed by atoms with Gasteiger partial charge in [0.1, 0.15) is 28.8 Å². The third-order valence-electron chi connectivity index (χ3n) is 4.64. The number of hydrogen-bond donors (Lipinski definition) is 1. The SMILES string of the molecule is O=C1NC2C[S+]3CCCC3C2N1Cc1ccccc1. The fraction of sp³-hybridized carbons (Fsp3) is 0.533. The Kier molecular flexibility index (Phi) is 2.72. The van der Waals surface area contributed by atoms with Gasteiger partial charge < -0.3 is 10.2 Å². The molecule has 3 aliphatic rings. The summed E-state index contributed by atoms with van der Waals surface area (Å²) < 4.78 is 0. The first kappa shape index (κ1) is 11.6. The average molecular weight is 275 g/mol. The molecule has 3 nitrogen and oxygen atoms in total. The van der Waals surface area contributed by atoms with Crippen molar-refractivity contribution in [1.82, 2.24) is 10.2 Å². The summed E-state index contributed by atoms with van der Waals surface area (Å²) in [7, 11) is 0.573. The molecule has 3 saturated heterocycles. The quantitative estimate of drug-likeness (QED) is 0.647. The van der Waals surface area contributed by atoms with Gasteiger partial charge in [0.15, 0.2) is 0 Å². The van der Waals surface area contributed by atoms with Crippen molar-refractivity contribution in [1.29, 1.82) is 0 Å². The lowest BCUT2D eigenvalue weighted by atomic mass is 10.0. The van der Waals surface area contributed by atoms with E-state index in [1.165, 1.54) is 29.9 Å². The summed E-state index contributed by atoms with van der Waals surface area (Å²) >= 11 is 0. The van der Waals surface area contributed by atoms with Gasteiger partial charge in [0.05, 0.1) is 0 Å². The normalized spacial score (nSPS) is 36.2. The summed E-state index contributed by atoms with van der Waals surface area (Å²) in [5.41, 5.74) is 1.24. The highest BCUT2D eigenvalue weighted by molar-refractivity contribution is 7.98. The smallest absolute Gasteiger partial charge is 0.318 e. The van der Waals surface area contributed by atoms with Crippen LogP contribution in [0.3, 0.4) is 0 Å². The molecule has 1 N–H and O–H groups in total. The summed E-state index contributed by atoms with van der Waals surface area (Å²) in [5, 5.41) is 3.98. The van der Waals surface area contributed by atoms with Crippen molar-refractivity contribution in [3.63, 3.8) is 0 Å². The number of rotatable bonds is 2. The average Bonchev–Trinajstić information content (AvgIpc) is 3.04. The van der Waals surface area contributed by atoms with Gasteiger partial charge in [-0.15, -0.1) is 0 Å². The van der Waals surface area contributed by atoms with E-state index in [9.17, 15) is 4.79 Å². The van der Waals surface area contributed by atoms with Crippen molar-refractivity contribution in [3.05, 3.63) is 35.9 Å². The zero-order valence-corrected chi connectivity index (χ0v) is 11.7. The maximum atomic E-state index is 12.2. The van der Waals surface area contributed by atoms with Gasteiger partial charge >= 0.3 is 6.03 Å². The van der Waals surface area contributed by atoms with Crippen molar-refractivity contribution < 1.29 is 4.79 Å². The number of fused-ring (bicyclic) bond motifs is 3. The summed E-state index contributed by atoms with van der Waals surface area (Å²) in [4.78, 5) is 14.3. The second kappa shape index (κ2) is 4.44. The molecule has 2 amide bonds. The number of benzene rings is 1. The monoisotopic (exact) mass is 275 g/mol. The van der Waals surface area contributed by atoms with Crippen molar-refractivity contribution >= 4 is 16.9 Å². The van der Waals surface area contributed by atoms with Crippen LogP contribution in [-0.2, 0) is 17.4 Å². The molecule has 100 valence electrons. The third-order valence-corrected chi connectivity index (χ3v) is 7.61. The highest BCUT2D eigenvalue weighted by Crippen LogP contribution is 2.39. The van der Waals surface area contributed by atoms with Crippen LogP contribution in [0.1, 0.15) is 18.4 Å². The molecule has 0 radical (unpaired) electrons. The maximum absolute atomic E-state index is 12.2. The van der Waals surface area contributed by atoms with Crippen molar-refractivity contribution in [3.8, 4) is 0 Å². The van der Waals surface area contributed by atoms with Crippen LogP contribution in [-0.4, -0.2) is 39.8 Å². The molecule has 0 spiro atoms. The summed E-state index contributed by atoms with van der Waals surface area (Å²) in [5.74, 6) is 2.62. The van der Waals surface area contributed by atoms with E-state index in [2.05, 4.69) is 34.5 Å². The fourth-order valence-corrected chi connectivity index (χ4v) is 7.06. The molecular weight excluding hydrogens is 256 g/mol. The second-order valence-electron chi connectivity index (χ2n) is 5.75. The Morgan fingerprint density at radius 2 is 2.16 bits per heavy atom. The predicted molar refractivity (Wildman–Crippen MR) is 78.2 cm³/mol. The zero-order chi connectivity index (χ0) is 12.8. The molecule has 1 aromatic rings. The lowest BCUT2D eigenvalue weighted by Crippen LogP contribution is -2.41. The van der Waals surface area contributed by atoms with Gasteiger partial charge in [-0.05, 0) is 22.9 Å². The molecule has 3 fully saturated rings. The van der Waals surface area contributed by atoms with Crippen LogP contribution in [0.25, 0.3) is 0 Å². The van der Waals surface area contributed by atoms with Gasteiger partial charge in [0.2, 0.25) is 0 Å². The first-order valence-electron chi connectivity index (χ1n) is 7.10. The second-order valence-corrected chi connectivity index (χ2v) is 8.17. The Morgan fingerprint density at radius 3 is 3.00 bits per heavy atom. The van der Waals surface area contributed by atoms with E-state index in [4.69, 9.17) is 0 Å². The summed E-state index contributed by atoms with van der Waals surface area (Å²) in [6.07, 6.45) is 2.69. The zero-order valence-electron chi connectivity index (χ0n) is 10.9. The van der Waals surface area contributed by atoms with E-state index in [1.807, 2.05) is 6.07 Å². The standard InChI is InChI=1S/C15H18N2OS/c18-15-16-12-10-19-8-4-7-13(19)14(12)17(15)9-11-5-2-1-3-6-11/h1-3,5-6,12-14H,4,7-10H2/p+1. The van der Waals surface area contributed by atoms with Gasteiger partial charge in [-0.2, -0.15) is 0 Å². The minimum atomic E-state index is 0.147. The molecule has 0 aromatic heterocycles. The van der Waals surface area contributed by atoms with E-state index < -0.39 is 0 Å². The Bertz CT molecular complexity index is 492. The first-order chi connectivity index (χ1) is 9.33. The minimum absolute atomic E-state index is 0.147. The molecule has 4 heteroatoms. The van der Waals surface area contributed by atoms with Crippen LogP contribution >= 0.6 is 0 Å². The van der Waals surface area contributed by atoms with E-state index in [0.29, 0.717) is 23.0 Å². The predicted octanol–water partition coefficient (Wildman–Crippen LogP) is 1.74. The van der Waals surface area contributed by atoms with Crippen LogP contribution in [0.5, 0.6) is 0 Å². The molecule has 1 aromatic carbocycles. The lowest BCUT2D eigenvalue weighted by Gasteiger charge is -2.23. The van der Waals surface area contributed by atoms with Crippen molar-refractivity contribution in [2.24, 2.45) is 0 Å². The lowest BCUT2D eigenvalue weighted by molar-refractivity contribution is 0.198. The van der Waals surface area contributed by atoms with Crippen molar-refractivity contribution in [2.45, 2.75) is 36.7 Å². The van der Waals surface area contributed by atoms with Gasteiger partial charge in [-0.25, -0.2) is 4.79 Å². The summed E-state index contributed by atoms with van der Waals surface area (Å²) in [6.45, 7) is 0.765. The number of hydrogen-bond acceptors (Lipinski definition) is 1. The van der Waals surface area contributed by atoms with Crippen LogP contribution in [0.2, 0.25) is 0 Å². The summed E-state index contributed by atoms with van der Waals surface area (Å²) in [6, 6.07) is 11.4. The molecule has 0 aliphatic carbocycles. The molecule has 19 heavy (non-hydrogen) atoms. The Hall–Kier alpha value is -1.16. The van der Waals surface area contributed by atoms with Gasteiger partial charge in [-0.1, -0.05) is 30.3 Å². The molecule has 0 bridgehead atoms. The number of nitrogens with zero attached hydrogens (tertiary/aromatic N) is 1. The van der Waals surface area contributed by atoms with Crippen molar-refractivity contribution in [2.75, 3.05) is 11.5 Å². The van der Waals surface area contributed by atoms with Gasteiger partial charge in [0, 0.05) is 13.0 Å². The van der Waals surface area contributed by atoms with E-state index in [1.54, 1.807) is 0 Å². The van der Waals surface area contributed by atoms with Crippen LogP contribution in [0.15, 0.2) is 30.3 Å². The number of urea groups is 1. The first-order valence-corrected chi connectivity index (χ1v) is 8.73. The fourth-order valence-electron chi connectivity index (χ4n) is 3.83. The van der Waals surface area contributed by atoms with Gasteiger partial charge in [0.25, 0.3) is 0 Å². The number of nitrogens with one attached hydrogen (secondary N) is 1. The molecule has 3 heterocycles. The van der Waals surface area contributed by atoms with Crippen LogP contribution < -0.4 is 5.32 Å². The number of amides is 2. The largest absolute Gasteiger partial charge is 0.328 e. The highest BCUT2D eigenvalue weighted by atomic mass is 32.2. The number of carbonyl (C=O) groups excluding carboxylic acids is 1. The Balaban J connectivity index is 1.58. The van der Waals surface area contributed by atoms with E-state index >= 15 is 0 Å². The Labute approximate surface area is 116 Å². The molecule has 3 aliphatic heterocycles. The van der Waals surface area contributed by atoms with Crippen LogP contribution in [0, 0.1) is 0 Å². The molecular formula is C15H19N2OS+. The van der Waals surface area contributed by atoms with E-state index in [0.717, 1.165) is 11.8 Å². The minimum Gasteiger partial charge on any atom is -0.328 e. The number of carbonyl (C=O) groups is 1. The molecule has 4 rings (SSSR count). The molecule has 0 saturated carbocycles. The maximum Gasteiger partial charge on any atom is 0.318 e. The molecule has 4 unspecified atom stereocenters. The highest BCUT2D eigenvalue weighted by Gasteiger charge is 2.59. The third kappa shape index (κ3) is 1.84. The topological polar surface area (TPSA) is 32.3 Å². The van der Waals surface area contributed by atoms with E-state index in [-0.39, 0.29) is 6.03 Å².